The molecule has 0 radical (unpaired) electrons. The fraction of sp³-hybridized carbons (Fsp3) is 0.500. The molecule has 7 nitrogen and oxygen atoms in total. The van der Waals surface area contributed by atoms with E-state index in [4.69, 9.17) is 5.11 Å². The van der Waals surface area contributed by atoms with Crippen LogP contribution in [0.3, 0.4) is 0 Å². The van der Waals surface area contributed by atoms with Crippen molar-refractivity contribution in [3.8, 4) is 0 Å². The van der Waals surface area contributed by atoms with Crippen LogP contribution in [0.25, 0.3) is 0 Å². The monoisotopic (exact) mass is 354 g/mol. The Bertz CT molecular complexity index is 717. The van der Waals surface area contributed by atoms with Crippen molar-refractivity contribution < 1.29 is 23.1 Å². The lowest BCUT2D eigenvalue weighted by molar-refractivity contribution is -0.142. The van der Waals surface area contributed by atoms with Gasteiger partial charge in [0.25, 0.3) is 5.91 Å². The van der Waals surface area contributed by atoms with Crippen LogP contribution >= 0.6 is 0 Å². The van der Waals surface area contributed by atoms with Gasteiger partial charge in [-0.1, -0.05) is 19.4 Å². The zero-order valence-electron chi connectivity index (χ0n) is 13.5. The Morgan fingerprint density at radius 3 is 2.71 bits per heavy atom. The summed E-state index contributed by atoms with van der Waals surface area (Å²) >= 11 is 0. The summed E-state index contributed by atoms with van der Waals surface area (Å²) in [5.74, 6) is -1.87. The molecular formula is C16H22N2O5S. The molecule has 0 aromatic heterocycles. The summed E-state index contributed by atoms with van der Waals surface area (Å²) in [6, 6.07) is 5.78. The van der Waals surface area contributed by atoms with E-state index in [0.717, 1.165) is 6.42 Å². The maximum Gasteiger partial charge on any atom is 0.308 e. The molecule has 0 unspecified atom stereocenters. The molecule has 1 aromatic rings. The molecule has 0 spiro atoms. The number of carbonyl (C=O) groups excluding carboxylic acids is 1. The molecular weight excluding hydrogens is 332 g/mol. The fourth-order valence-electron chi connectivity index (χ4n) is 2.90. The number of anilines is 1. The van der Waals surface area contributed by atoms with Gasteiger partial charge in [-0.05, 0) is 37.5 Å². The third-order valence-electron chi connectivity index (χ3n) is 4.02. The van der Waals surface area contributed by atoms with E-state index in [9.17, 15) is 18.0 Å². The van der Waals surface area contributed by atoms with Crippen LogP contribution in [-0.4, -0.2) is 37.2 Å². The molecule has 8 heteroatoms. The Balaban J connectivity index is 2.08. The lowest BCUT2D eigenvalue weighted by Crippen LogP contribution is -2.40. The van der Waals surface area contributed by atoms with Gasteiger partial charge in [0.05, 0.1) is 11.7 Å². The first-order valence-corrected chi connectivity index (χ1v) is 9.62. The quantitative estimate of drug-likeness (QED) is 0.691. The second-order valence-corrected chi connectivity index (χ2v) is 7.80. The molecule has 24 heavy (non-hydrogen) atoms. The number of sulfonamides is 1. The first-order valence-electron chi connectivity index (χ1n) is 7.96. The third-order valence-corrected chi connectivity index (χ3v) is 5.51. The number of rotatable bonds is 7. The van der Waals surface area contributed by atoms with Crippen molar-refractivity contribution >= 4 is 27.6 Å². The van der Waals surface area contributed by atoms with Gasteiger partial charge in [-0.25, -0.2) is 8.42 Å². The molecule has 3 N–H and O–H groups in total. The summed E-state index contributed by atoms with van der Waals surface area (Å²) in [7, 11) is -3.43. The standard InChI is InChI=1S/C16H22N2O5S/c1-2-9-24(22,23)18-12-6-3-5-11(10-12)15(19)17-14-8-4-7-13(14)16(20)21/h3,5-6,10,13-14,18H,2,4,7-9H2,1H3,(H,17,19)(H,20,21)/t13-,14+/m0/s1. The lowest BCUT2D eigenvalue weighted by Gasteiger charge is -2.18. The number of benzene rings is 1. The Kier molecular flexibility index (Phi) is 5.82. The average Bonchev–Trinajstić information content (AvgIpc) is 2.95. The molecule has 2 rings (SSSR count). The van der Waals surface area contributed by atoms with E-state index in [2.05, 4.69) is 10.0 Å². The van der Waals surface area contributed by atoms with E-state index < -0.39 is 33.9 Å². The van der Waals surface area contributed by atoms with E-state index >= 15 is 0 Å². The van der Waals surface area contributed by atoms with E-state index in [1.54, 1.807) is 25.1 Å². The maximum absolute atomic E-state index is 12.3. The second kappa shape index (κ2) is 7.65. The van der Waals surface area contributed by atoms with Crippen LogP contribution in [0.4, 0.5) is 5.69 Å². The molecule has 132 valence electrons. The molecule has 1 saturated carbocycles. The van der Waals surface area contributed by atoms with E-state index in [-0.39, 0.29) is 5.75 Å². The molecule has 0 saturated heterocycles. The number of hydrogen-bond acceptors (Lipinski definition) is 4. The first kappa shape index (κ1) is 18.3. The molecule has 1 aromatic carbocycles. The molecule has 2 atom stereocenters. The van der Waals surface area contributed by atoms with Crippen molar-refractivity contribution in [2.75, 3.05) is 10.5 Å². The minimum atomic E-state index is -3.43. The third kappa shape index (κ3) is 4.70. The van der Waals surface area contributed by atoms with Crippen LogP contribution in [0.15, 0.2) is 24.3 Å². The number of hydrogen-bond donors (Lipinski definition) is 3. The van der Waals surface area contributed by atoms with E-state index in [0.29, 0.717) is 30.5 Å². The van der Waals surface area contributed by atoms with Crippen molar-refractivity contribution in [2.24, 2.45) is 5.92 Å². The van der Waals surface area contributed by atoms with E-state index in [1.807, 2.05) is 0 Å². The zero-order valence-corrected chi connectivity index (χ0v) is 14.3. The topological polar surface area (TPSA) is 113 Å². The highest BCUT2D eigenvalue weighted by atomic mass is 32.2. The van der Waals surface area contributed by atoms with Gasteiger partial charge >= 0.3 is 5.97 Å². The number of nitrogens with one attached hydrogen (secondary N) is 2. The highest BCUT2D eigenvalue weighted by Crippen LogP contribution is 2.26. The van der Waals surface area contributed by atoms with Crippen LogP contribution < -0.4 is 10.0 Å². The fourth-order valence-corrected chi connectivity index (χ4v) is 4.03. The van der Waals surface area contributed by atoms with Gasteiger partial charge < -0.3 is 10.4 Å². The number of carboxylic acids is 1. The van der Waals surface area contributed by atoms with Gasteiger partial charge in [-0.2, -0.15) is 0 Å². The van der Waals surface area contributed by atoms with Crippen molar-refractivity contribution in [1.29, 1.82) is 0 Å². The predicted molar refractivity (Wildman–Crippen MR) is 90.4 cm³/mol. The molecule has 1 fully saturated rings. The number of aliphatic carboxylic acids is 1. The molecule has 0 aliphatic heterocycles. The Labute approximate surface area is 141 Å². The Hall–Kier alpha value is -2.09. The van der Waals surface area contributed by atoms with Crippen LogP contribution in [-0.2, 0) is 14.8 Å². The summed E-state index contributed by atoms with van der Waals surface area (Å²) in [4.78, 5) is 23.5. The highest BCUT2D eigenvalue weighted by Gasteiger charge is 2.34. The van der Waals surface area contributed by atoms with Crippen molar-refractivity contribution in [3.05, 3.63) is 29.8 Å². The van der Waals surface area contributed by atoms with Gasteiger partial charge in [-0.3, -0.25) is 14.3 Å². The smallest absolute Gasteiger partial charge is 0.308 e. The van der Waals surface area contributed by atoms with Gasteiger partial charge in [0, 0.05) is 17.3 Å². The van der Waals surface area contributed by atoms with Crippen LogP contribution in [0.2, 0.25) is 0 Å². The summed E-state index contributed by atoms with van der Waals surface area (Å²) in [6.45, 7) is 1.77. The number of carbonyl (C=O) groups is 2. The van der Waals surface area contributed by atoms with Gasteiger partial charge in [0.1, 0.15) is 0 Å². The molecule has 0 heterocycles. The van der Waals surface area contributed by atoms with Crippen molar-refractivity contribution in [1.82, 2.24) is 5.32 Å². The normalized spacial score (nSPS) is 20.5. The van der Waals surface area contributed by atoms with Crippen LogP contribution in [0, 0.1) is 5.92 Å². The van der Waals surface area contributed by atoms with Crippen LogP contribution in [0.5, 0.6) is 0 Å². The van der Waals surface area contributed by atoms with Gasteiger partial charge in [0.2, 0.25) is 10.0 Å². The summed E-state index contributed by atoms with van der Waals surface area (Å²) < 4.78 is 26.0. The Morgan fingerprint density at radius 1 is 1.29 bits per heavy atom. The van der Waals surface area contributed by atoms with E-state index in [1.165, 1.54) is 6.07 Å². The zero-order chi connectivity index (χ0) is 17.7. The van der Waals surface area contributed by atoms with Gasteiger partial charge in [-0.15, -0.1) is 0 Å². The lowest BCUT2D eigenvalue weighted by atomic mass is 10.0. The summed E-state index contributed by atoms with van der Waals surface area (Å²) in [5.41, 5.74) is 0.611. The second-order valence-electron chi connectivity index (χ2n) is 5.96. The Morgan fingerprint density at radius 2 is 2.04 bits per heavy atom. The largest absolute Gasteiger partial charge is 0.481 e. The summed E-state index contributed by atoms with van der Waals surface area (Å²) in [5, 5.41) is 11.9. The average molecular weight is 354 g/mol. The number of amides is 1. The minimum absolute atomic E-state index is 0.00574. The molecule has 1 aliphatic rings. The van der Waals surface area contributed by atoms with Crippen molar-refractivity contribution in [2.45, 2.75) is 38.6 Å². The molecule has 0 bridgehead atoms. The SMILES string of the molecule is CCCS(=O)(=O)Nc1cccc(C(=O)N[C@@H]2CCC[C@@H]2C(=O)O)c1. The van der Waals surface area contributed by atoms with Gasteiger partial charge in [0.15, 0.2) is 0 Å². The molecule has 1 aliphatic carbocycles. The first-order chi connectivity index (χ1) is 11.3. The summed E-state index contributed by atoms with van der Waals surface area (Å²) in [6.07, 6.45) is 2.44. The number of carboxylic acid groups (broad SMARTS) is 1. The maximum atomic E-state index is 12.3. The minimum Gasteiger partial charge on any atom is -0.481 e. The van der Waals surface area contributed by atoms with Crippen LogP contribution in [0.1, 0.15) is 43.0 Å². The predicted octanol–water partition coefficient (Wildman–Crippen LogP) is 1.82. The highest BCUT2D eigenvalue weighted by molar-refractivity contribution is 7.92. The molecule has 1 amide bonds. The van der Waals surface area contributed by atoms with Crippen molar-refractivity contribution in [3.63, 3.8) is 0 Å².